The second-order valence-electron chi connectivity index (χ2n) is 6.02. The molecule has 1 saturated heterocycles. The van der Waals surface area contributed by atoms with Crippen molar-refractivity contribution < 1.29 is 18.8 Å². The van der Waals surface area contributed by atoms with E-state index < -0.39 is 11.7 Å². The van der Waals surface area contributed by atoms with Crippen LogP contribution in [-0.2, 0) is 9.59 Å². The van der Waals surface area contributed by atoms with Gasteiger partial charge in [0.2, 0.25) is 11.8 Å². The van der Waals surface area contributed by atoms with Crippen LogP contribution in [0.4, 0.5) is 4.39 Å². The predicted octanol–water partition coefficient (Wildman–Crippen LogP) is 0.882. The van der Waals surface area contributed by atoms with Crippen LogP contribution in [0.25, 0.3) is 0 Å². The van der Waals surface area contributed by atoms with Crippen molar-refractivity contribution in [2.24, 2.45) is 5.92 Å². The molecular formula is C17H22FN3O3. The standard InChI is InChI=1S/C17H22FN3O3/c1-12(2)17(24)21-9-7-20(8-10-21)15(22)11-19-16(23)13-5-3-4-6-14(13)18/h3-6,12H,7-11H2,1-2H3,(H,19,23). The van der Waals surface area contributed by atoms with Gasteiger partial charge < -0.3 is 15.1 Å². The first-order valence-electron chi connectivity index (χ1n) is 7.99. The molecule has 0 aromatic heterocycles. The van der Waals surface area contributed by atoms with Gasteiger partial charge in [0.25, 0.3) is 5.91 Å². The average molecular weight is 335 g/mol. The number of hydrogen-bond acceptors (Lipinski definition) is 3. The highest BCUT2D eigenvalue weighted by Gasteiger charge is 2.25. The summed E-state index contributed by atoms with van der Waals surface area (Å²) in [6.45, 7) is 5.36. The minimum absolute atomic E-state index is 0.0627. The fraction of sp³-hybridized carbons (Fsp3) is 0.471. The lowest BCUT2D eigenvalue weighted by Gasteiger charge is -2.35. The van der Waals surface area contributed by atoms with Gasteiger partial charge in [0, 0.05) is 32.1 Å². The molecule has 1 aliphatic rings. The zero-order valence-electron chi connectivity index (χ0n) is 13.9. The van der Waals surface area contributed by atoms with Crippen LogP contribution >= 0.6 is 0 Å². The average Bonchev–Trinajstić information content (AvgIpc) is 2.59. The summed E-state index contributed by atoms with van der Waals surface area (Å²) in [5, 5.41) is 2.44. The van der Waals surface area contributed by atoms with Gasteiger partial charge in [-0.1, -0.05) is 26.0 Å². The smallest absolute Gasteiger partial charge is 0.254 e. The molecule has 3 amide bonds. The monoisotopic (exact) mass is 335 g/mol. The molecule has 0 spiro atoms. The Labute approximate surface area is 140 Å². The third-order valence-corrected chi connectivity index (χ3v) is 3.96. The van der Waals surface area contributed by atoms with Crippen molar-refractivity contribution in [3.63, 3.8) is 0 Å². The normalized spacial score (nSPS) is 14.7. The first-order chi connectivity index (χ1) is 11.4. The van der Waals surface area contributed by atoms with Crippen molar-refractivity contribution in [3.05, 3.63) is 35.6 Å². The van der Waals surface area contributed by atoms with Crippen LogP contribution in [0.3, 0.4) is 0 Å². The number of benzene rings is 1. The van der Waals surface area contributed by atoms with Crippen LogP contribution < -0.4 is 5.32 Å². The van der Waals surface area contributed by atoms with Crippen molar-refractivity contribution in [1.29, 1.82) is 0 Å². The molecule has 1 aromatic rings. The highest BCUT2D eigenvalue weighted by molar-refractivity contribution is 5.96. The van der Waals surface area contributed by atoms with Crippen molar-refractivity contribution in [2.45, 2.75) is 13.8 Å². The van der Waals surface area contributed by atoms with Crippen LogP contribution in [0, 0.1) is 11.7 Å². The summed E-state index contributed by atoms with van der Waals surface area (Å²) in [5.41, 5.74) is -0.0855. The predicted molar refractivity (Wildman–Crippen MR) is 86.7 cm³/mol. The molecule has 0 aliphatic carbocycles. The summed E-state index contributed by atoms with van der Waals surface area (Å²) < 4.78 is 13.5. The van der Waals surface area contributed by atoms with E-state index in [1.54, 1.807) is 15.9 Å². The maximum Gasteiger partial charge on any atom is 0.254 e. The molecule has 24 heavy (non-hydrogen) atoms. The fourth-order valence-corrected chi connectivity index (χ4v) is 2.55. The highest BCUT2D eigenvalue weighted by Crippen LogP contribution is 2.08. The van der Waals surface area contributed by atoms with E-state index in [0.717, 1.165) is 0 Å². The number of nitrogens with one attached hydrogen (secondary N) is 1. The molecular weight excluding hydrogens is 313 g/mol. The minimum Gasteiger partial charge on any atom is -0.343 e. The van der Waals surface area contributed by atoms with Crippen LogP contribution in [0.15, 0.2) is 24.3 Å². The molecule has 1 aromatic carbocycles. The van der Waals surface area contributed by atoms with Crippen LogP contribution in [0.2, 0.25) is 0 Å². The number of nitrogens with zero attached hydrogens (tertiary/aromatic N) is 2. The zero-order valence-corrected chi connectivity index (χ0v) is 13.9. The van der Waals surface area contributed by atoms with E-state index in [1.165, 1.54) is 18.2 Å². The van der Waals surface area contributed by atoms with Gasteiger partial charge in [0.1, 0.15) is 5.82 Å². The van der Waals surface area contributed by atoms with Gasteiger partial charge in [-0.05, 0) is 12.1 Å². The largest absolute Gasteiger partial charge is 0.343 e. The number of rotatable bonds is 4. The topological polar surface area (TPSA) is 69.7 Å². The van der Waals surface area contributed by atoms with Gasteiger partial charge in [0.05, 0.1) is 12.1 Å². The molecule has 2 rings (SSSR count). The lowest BCUT2D eigenvalue weighted by Crippen LogP contribution is -2.53. The Morgan fingerprint density at radius 1 is 1.08 bits per heavy atom. The lowest BCUT2D eigenvalue weighted by atomic mass is 10.1. The van der Waals surface area contributed by atoms with Crippen molar-refractivity contribution in [1.82, 2.24) is 15.1 Å². The van der Waals surface area contributed by atoms with E-state index in [0.29, 0.717) is 26.2 Å². The summed E-state index contributed by atoms with van der Waals surface area (Å²) >= 11 is 0. The summed E-state index contributed by atoms with van der Waals surface area (Å²) in [6, 6.07) is 5.62. The Morgan fingerprint density at radius 2 is 1.67 bits per heavy atom. The van der Waals surface area contributed by atoms with Gasteiger partial charge in [-0.25, -0.2) is 4.39 Å². The SMILES string of the molecule is CC(C)C(=O)N1CCN(C(=O)CNC(=O)c2ccccc2F)CC1. The summed E-state index contributed by atoms with van der Waals surface area (Å²) in [5.74, 6) is -1.46. The Morgan fingerprint density at radius 3 is 2.25 bits per heavy atom. The first kappa shape index (κ1) is 17.9. The van der Waals surface area contributed by atoms with E-state index >= 15 is 0 Å². The van der Waals surface area contributed by atoms with Gasteiger partial charge in [0.15, 0.2) is 0 Å². The van der Waals surface area contributed by atoms with Crippen molar-refractivity contribution in [2.75, 3.05) is 32.7 Å². The zero-order chi connectivity index (χ0) is 17.7. The van der Waals surface area contributed by atoms with Crippen molar-refractivity contribution >= 4 is 17.7 Å². The Hall–Kier alpha value is -2.44. The molecule has 1 heterocycles. The molecule has 1 aliphatic heterocycles. The molecule has 7 heteroatoms. The van der Waals surface area contributed by atoms with Gasteiger partial charge in [-0.2, -0.15) is 0 Å². The first-order valence-corrected chi connectivity index (χ1v) is 7.99. The maximum absolute atomic E-state index is 13.5. The molecule has 1 N–H and O–H groups in total. The van der Waals surface area contributed by atoms with E-state index in [4.69, 9.17) is 0 Å². The van der Waals surface area contributed by atoms with Crippen LogP contribution in [-0.4, -0.2) is 60.2 Å². The van der Waals surface area contributed by atoms with Crippen LogP contribution in [0.1, 0.15) is 24.2 Å². The Bertz CT molecular complexity index is 625. The summed E-state index contributed by atoms with van der Waals surface area (Å²) in [7, 11) is 0. The number of amides is 3. The summed E-state index contributed by atoms with van der Waals surface area (Å²) in [6.07, 6.45) is 0. The van der Waals surface area contributed by atoms with Gasteiger partial charge >= 0.3 is 0 Å². The lowest BCUT2D eigenvalue weighted by molar-refractivity contribution is -0.140. The van der Waals surface area contributed by atoms with E-state index in [9.17, 15) is 18.8 Å². The quantitative estimate of drug-likeness (QED) is 0.888. The molecule has 0 radical (unpaired) electrons. The second kappa shape index (κ2) is 7.90. The molecule has 0 saturated carbocycles. The Balaban J connectivity index is 1.81. The third-order valence-electron chi connectivity index (χ3n) is 3.96. The molecule has 1 fully saturated rings. The third kappa shape index (κ3) is 4.31. The number of carbonyl (C=O) groups excluding carboxylic acids is 3. The highest BCUT2D eigenvalue weighted by atomic mass is 19.1. The second-order valence-corrected chi connectivity index (χ2v) is 6.02. The molecule has 6 nitrogen and oxygen atoms in total. The van der Waals surface area contributed by atoms with E-state index in [2.05, 4.69) is 5.32 Å². The minimum atomic E-state index is -0.622. The number of hydrogen-bond donors (Lipinski definition) is 1. The number of carbonyl (C=O) groups is 3. The van der Waals surface area contributed by atoms with E-state index in [-0.39, 0.29) is 29.8 Å². The molecule has 0 bridgehead atoms. The number of piperazine rings is 1. The summed E-state index contributed by atoms with van der Waals surface area (Å²) in [4.78, 5) is 39.3. The molecule has 130 valence electrons. The fourth-order valence-electron chi connectivity index (χ4n) is 2.55. The maximum atomic E-state index is 13.5. The van der Waals surface area contributed by atoms with Crippen molar-refractivity contribution in [3.8, 4) is 0 Å². The number of halogens is 1. The van der Waals surface area contributed by atoms with E-state index in [1.807, 2.05) is 13.8 Å². The Kier molecular flexibility index (Phi) is 5.89. The molecule has 0 unspecified atom stereocenters. The molecule has 0 atom stereocenters. The van der Waals surface area contributed by atoms with Crippen LogP contribution in [0.5, 0.6) is 0 Å². The van der Waals surface area contributed by atoms with Gasteiger partial charge in [-0.15, -0.1) is 0 Å². The van der Waals surface area contributed by atoms with Gasteiger partial charge in [-0.3, -0.25) is 14.4 Å².